The van der Waals surface area contributed by atoms with Crippen molar-refractivity contribution in [2.75, 3.05) is 20.2 Å². The highest BCUT2D eigenvalue weighted by atomic mass is 16.3. The number of hydrogen-bond donors (Lipinski definition) is 2. The van der Waals surface area contributed by atoms with Gasteiger partial charge in [0.05, 0.1) is 18.1 Å². The predicted molar refractivity (Wildman–Crippen MR) is 104 cm³/mol. The Morgan fingerprint density at radius 3 is 2.70 bits per heavy atom. The minimum atomic E-state index is -1.01. The summed E-state index contributed by atoms with van der Waals surface area (Å²) in [5.41, 5.74) is 0.704. The molecule has 0 heterocycles. The molecular weight excluding hydrogens is 338 g/mol. The zero-order valence-corrected chi connectivity index (χ0v) is 16.7. The van der Waals surface area contributed by atoms with Gasteiger partial charge in [-0.3, -0.25) is 9.69 Å². The Morgan fingerprint density at radius 2 is 2.04 bits per heavy atom. The van der Waals surface area contributed by atoms with Crippen molar-refractivity contribution in [3.8, 4) is 0 Å². The van der Waals surface area contributed by atoms with E-state index in [1.807, 2.05) is 0 Å². The number of allylic oxidation sites excluding steroid dienone is 1. The van der Waals surface area contributed by atoms with Crippen LogP contribution in [0.3, 0.4) is 0 Å². The average molecular weight is 372 g/mol. The lowest BCUT2D eigenvalue weighted by Gasteiger charge is -2.64. The fraction of sp³-hybridized carbons (Fsp3) is 0.783. The maximum absolute atomic E-state index is 13.5. The minimum Gasteiger partial charge on any atom is -0.395 e. The van der Waals surface area contributed by atoms with Crippen LogP contribution in [-0.4, -0.2) is 52.2 Å². The van der Waals surface area contributed by atoms with E-state index < -0.39 is 5.60 Å². The van der Waals surface area contributed by atoms with E-state index in [0.29, 0.717) is 24.8 Å². The Kier molecular flexibility index (Phi) is 3.58. The Labute approximate surface area is 162 Å². The highest BCUT2D eigenvalue weighted by Gasteiger charge is 2.82. The molecule has 4 heteroatoms. The molecule has 0 aliphatic heterocycles. The Morgan fingerprint density at radius 1 is 1.30 bits per heavy atom. The number of carbonyl (C=O) groups excluding carboxylic acids is 1. The molecule has 6 aliphatic rings. The van der Waals surface area contributed by atoms with Crippen molar-refractivity contribution in [1.29, 1.82) is 0 Å². The second kappa shape index (κ2) is 5.34. The van der Waals surface area contributed by atoms with E-state index in [1.165, 1.54) is 0 Å². The van der Waals surface area contributed by atoms with Crippen molar-refractivity contribution in [2.24, 2.45) is 35.0 Å². The summed E-state index contributed by atoms with van der Waals surface area (Å²) in [5.74, 6) is 1.00. The van der Waals surface area contributed by atoms with Crippen LogP contribution in [-0.2, 0) is 4.79 Å². The molecule has 2 bridgehead atoms. The highest BCUT2D eigenvalue weighted by molar-refractivity contribution is 6.00. The monoisotopic (exact) mass is 371 g/mol. The fourth-order valence-corrected chi connectivity index (χ4v) is 8.40. The van der Waals surface area contributed by atoms with Gasteiger partial charge < -0.3 is 10.2 Å². The normalized spacial score (nSPS) is 53.2. The van der Waals surface area contributed by atoms with Crippen LogP contribution in [0.4, 0.5) is 0 Å². The highest BCUT2D eigenvalue weighted by Crippen LogP contribution is 2.80. The summed E-state index contributed by atoms with van der Waals surface area (Å²) in [5, 5.41) is 21.0. The second-order valence-electron chi connectivity index (χ2n) is 10.3. The van der Waals surface area contributed by atoms with Gasteiger partial charge in [0.15, 0.2) is 5.78 Å². The van der Waals surface area contributed by atoms with E-state index in [9.17, 15) is 15.0 Å². The standard InChI is InChI=1S/C23H33NO3/c1-13-6-5-7-21(24(4)8-9-25)12-22(21)17-10-16-11-23(27,15(16)3)19(17)20(26)14(2)18(13)22/h13,16-19,25,27H,2-3,5-12H2,1,4H3/t13?,16-,17?,18?,19-,21-,22+,23-/m1/s1. The number of rotatable bonds is 3. The number of ketones is 1. The molecular formula is C23H33NO3. The van der Waals surface area contributed by atoms with Crippen LogP contribution in [0.25, 0.3) is 0 Å². The summed E-state index contributed by atoms with van der Waals surface area (Å²) in [6, 6.07) is 0. The molecule has 6 fully saturated rings. The van der Waals surface area contributed by atoms with E-state index in [0.717, 1.165) is 43.3 Å². The van der Waals surface area contributed by atoms with Gasteiger partial charge in [-0.25, -0.2) is 0 Å². The Bertz CT molecular complexity index is 746. The van der Waals surface area contributed by atoms with Gasteiger partial charge in [0.25, 0.3) is 0 Å². The van der Waals surface area contributed by atoms with Crippen molar-refractivity contribution in [1.82, 2.24) is 4.90 Å². The fourth-order valence-electron chi connectivity index (χ4n) is 8.40. The molecule has 27 heavy (non-hydrogen) atoms. The number of nitrogens with zero attached hydrogens (tertiary/aromatic N) is 1. The number of β-amino-alcohol motifs (C(OH)–C–C–N with tert-alkyl or cyclic N) is 1. The first kappa shape index (κ1) is 18.1. The second-order valence-corrected chi connectivity index (χ2v) is 10.3. The zero-order chi connectivity index (χ0) is 19.4. The van der Waals surface area contributed by atoms with E-state index >= 15 is 0 Å². The van der Waals surface area contributed by atoms with Gasteiger partial charge in [0.1, 0.15) is 0 Å². The third kappa shape index (κ3) is 1.84. The minimum absolute atomic E-state index is 0.0237. The van der Waals surface area contributed by atoms with Gasteiger partial charge in [0, 0.05) is 17.5 Å². The summed E-state index contributed by atoms with van der Waals surface area (Å²) < 4.78 is 0. The molecule has 0 aromatic rings. The largest absolute Gasteiger partial charge is 0.395 e. The molecule has 4 nitrogen and oxygen atoms in total. The van der Waals surface area contributed by atoms with Gasteiger partial charge in [-0.05, 0) is 67.5 Å². The summed E-state index contributed by atoms with van der Waals surface area (Å²) >= 11 is 0. The van der Waals surface area contributed by atoms with E-state index in [4.69, 9.17) is 0 Å². The molecule has 148 valence electrons. The summed E-state index contributed by atoms with van der Waals surface area (Å²) in [6.07, 6.45) is 6.18. The number of hydrogen-bond acceptors (Lipinski definition) is 4. The van der Waals surface area contributed by atoms with Gasteiger partial charge in [-0.1, -0.05) is 32.9 Å². The van der Waals surface area contributed by atoms with Crippen molar-refractivity contribution in [3.63, 3.8) is 0 Å². The number of aliphatic hydroxyl groups is 2. The topological polar surface area (TPSA) is 60.8 Å². The lowest BCUT2D eigenvalue weighted by atomic mass is 9.42. The lowest BCUT2D eigenvalue weighted by Crippen LogP contribution is -2.67. The van der Waals surface area contributed by atoms with Crippen LogP contribution in [0.1, 0.15) is 45.4 Å². The van der Waals surface area contributed by atoms with E-state index in [1.54, 1.807) is 0 Å². The maximum Gasteiger partial charge on any atom is 0.165 e. The SMILES string of the molecule is C=C1C(=O)[C@H]2C(C[C@@H]3C[C@@]2(O)C3=C)[C@]23C[C@]2(N(C)CCO)CCCC(C)C13. The molecule has 0 aromatic heterocycles. The summed E-state index contributed by atoms with van der Waals surface area (Å²) in [7, 11) is 2.14. The van der Waals surface area contributed by atoms with Crippen LogP contribution in [0.2, 0.25) is 0 Å². The molecule has 6 rings (SSSR count). The third-order valence-corrected chi connectivity index (χ3v) is 9.56. The maximum atomic E-state index is 13.5. The molecule has 0 radical (unpaired) electrons. The number of aliphatic hydroxyl groups excluding tert-OH is 1. The molecule has 6 aliphatic carbocycles. The molecule has 8 atom stereocenters. The Hall–Kier alpha value is -0.970. The van der Waals surface area contributed by atoms with Crippen molar-refractivity contribution in [2.45, 2.75) is 56.6 Å². The van der Waals surface area contributed by atoms with Crippen molar-refractivity contribution < 1.29 is 15.0 Å². The van der Waals surface area contributed by atoms with Gasteiger partial charge in [-0.15, -0.1) is 0 Å². The van der Waals surface area contributed by atoms with Gasteiger partial charge in [0.2, 0.25) is 0 Å². The quantitative estimate of drug-likeness (QED) is 0.591. The number of carbonyl (C=O) groups is 1. The average Bonchev–Trinajstić information content (AvgIpc) is 3.30. The molecule has 1 spiro atoms. The third-order valence-electron chi connectivity index (χ3n) is 9.56. The first-order valence-corrected chi connectivity index (χ1v) is 10.7. The zero-order valence-electron chi connectivity index (χ0n) is 16.7. The molecule has 6 saturated carbocycles. The van der Waals surface area contributed by atoms with Gasteiger partial charge >= 0.3 is 0 Å². The van der Waals surface area contributed by atoms with Crippen molar-refractivity contribution in [3.05, 3.63) is 24.3 Å². The van der Waals surface area contributed by atoms with Gasteiger partial charge in [-0.2, -0.15) is 0 Å². The van der Waals surface area contributed by atoms with E-state index in [-0.39, 0.29) is 41.1 Å². The van der Waals surface area contributed by atoms with E-state index in [2.05, 4.69) is 32.0 Å². The Balaban J connectivity index is 1.65. The molecule has 0 aromatic carbocycles. The number of Topliss-reactive ketones (excluding diaryl/α,β-unsaturated/α-hetero) is 1. The van der Waals surface area contributed by atoms with Crippen LogP contribution in [0, 0.1) is 35.0 Å². The molecule has 0 amide bonds. The molecule has 0 saturated heterocycles. The summed E-state index contributed by atoms with van der Waals surface area (Å²) in [4.78, 5) is 15.8. The predicted octanol–water partition coefficient (Wildman–Crippen LogP) is 2.56. The van der Waals surface area contributed by atoms with Crippen LogP contribution in [0.5, 0.6) is 0 Å². The molecule has 2 N–H and O–H groups in total. The van der Waals surface area contributed by atoms with Crippen molar-refractivity contribution >= 4 is 5.78 Å². The van der Waals surface area contributed by atoms with Crippen LogP contribution >= 0.6 is 0 Å². The first-order chi connectivity index (χ1) is 12.7. The van der Waals surface area contributed by atoms with Crippen LogP contribution in [0.15, 0.2) is 24.3 Å². The smallest absolute Gasteiger partial charge is 0.165 e. The number of likely N-dealkylation sites (N-methyl/N-ethyl adjacent to an activating group) is 1. The summed E-state index contributed by atoms with van der Waals surface area (Å²) in [6.45, 7) is 11.6. The lowest BCUT2D eigenvalue weighted by molar-refractivity contribution is -0.172. The molecule has 3 unspecified atom stereocenters. The van der Waals surface area contributed by atoms with Crippen LogP contribution < -0.4 is 0 Å². The first-order valence-electron chi connectivity index (χ1n) is 10.7.